The van der Waals surface area contributed by atoms with Gasteiger partial charge in [-0.1, -0.05) is 35.4 Å². The Bertz CT molecular complexity index is 976. The number of H-pyrrole nitrogens is 1. The van der Waals surface area contributed by atoms with Gasteiger partial charge in [0.15, 0.2) is 0 Å². The summed E-state index contributed by atoms with van der Waals surface area (Å²) in [4.78, 5) is 29.7. The van der Waals surface area contributed by atoms with Crippen LogP contribution in [-0.2, 0) is 0 Å². The van der Waals surface area contributed by atoms with Crippen molar-refractivity contribution in [3.05, 3.63) is 64.3 Å². The summed E-state index contributed by atoms with van der Waals surface area (Å²) in [5.41, 5.74) is 3.02. The Balaban J connectivity index is 2.15. The van der Waals surface area contributed by atoms with E-state index in [0.29, 0.717) is 27.5 Å². The smallest absolute Gasteiger partial charge is 0.321 e. The Hall–Kier alpha value is -2.79. The molecular weight excluding hydrogens is 338 g/mol. The van der Waals surface area contributed by atoms with Crippen LogP contribution >= 0.6 is 11.6 Å². The van der Waals surface area contributed by atoms with Crippen molar-refractivity contribution < 1.29 is 9.59 Å². The Labute approximate surface area is 150 Å². The van der Waals surface area contributed by atoms with Crippen LogP contribution in [0.1, 0.15) is 21.6 Å². The highest BCUT2D eigenvalue weighted by Crippen LogP contribution is 2.31. The normalized spacial score (nSPS) is 10.7. The second kappa shape index (κ2) is 6.61. The summed E-state index contributed by atoms with van der Waals surface area (Å²) in [5, 5.41) is 4.09. The quantitative estimate of drug-likeness (QED) is 0.681. The van der Waals surface area contributed by atoms with Gasteiger partial charge < -0.3 is 15.2 Å². The molecule has 128 valence electrons. The summed E-state index contributed by atoms with van der Waals surface area (Å²) in [5.74, 6) is -0.190. The highest BCUT2D eigenvalue weighted by atomic mass is 35.5. The van der Waals surface area contributed by atoms with Crippen LogP contribution in [0.3, 0.4) is 0 Å². The Morgan fingerprint density at radius 2 is 1.88 bits per heavy atom. The largest absolute Gasteiger partial charge is 0.350 e. The molecule has 0 spiro atoms. The molecule has 0 aliphatic heterocycles. The molecule has 0 fully saturated rings. The molecule has 1 heterocycles. The second-order valence-electron chi connectivity index (χ2n) is 6.09. The average molecular weight is 356 g/mol. The minimum absolute atomic E-state index is 0.190. The van der Waals surface area contributed by atoms with E-state index in [0.717, 1.165) is 10.9 Å². The van der Waals surface area contributed by atoms with Crippen molar-refractivity contribution in [2.24, 2.45) is 0 Å². The van der Waals surface area contributed by atoms with Crippen LogP contribution in [-0.4, -0.2) is 35.8 Å². The van der Waals surface area contributed by atoms with Crippen LogP contribution in [0, 0.1) is 6.92 Å². The molecule has 3 aromatic rings. The summed E-state index contributed by atoms with van der Waals surface area (Å²) in [7, 11) is 3.28. The molecule has 0 radical (unpaired) electrons. The van der Waals surface area contributed by atoms with Crippen molar-refractivity contribution in [2.75, 3.05) is 19.4 Å². The number of carbonyl (C=O) groups excluding carboxylic acids is 2. The average Bonchev–Trinajstić information content (AvgIpc) is 2.91. The number of benzene rings is 2. The van der Waals surface area contributed by atoms with Crippen LogP contribution in [0.5, 0.6) is 0 Å². The van der Waals surface area contributed by atoms with E-state index in [1.54, 1.807) is 38.4 Å². The molecule has 0 aliphatic carbocycles. The molecule has 5 nitrogen and oxygen atoms in total. The molecule has 3 rings (SSSR count). The first-order valence-corrected chi connectivity index (χ1v) is 8.15. The molecule has 0 bridgehead atoms. The van der Waals surface area contributed by atoms with Crippen molar-refractivity contribution in [1.29, 1.82) is 0 Å². The summed E-state index contributed by atoms with van der Waals surface area (Å²) in [6.45, 7) is 1.93. The monoisotopic (exact) mass is 355 g/mol. The van der Waals surface area contributed by atoms with Gasteiger partial charge in [-0.3, -0.25) is 4.79 Å². The van der Waals surface area contributed by atoms with E-state index in [2.05, 4.69) is 10.3 Å². The lowest BCUT2D eigenvalue weighted by Crippen LogP contribution is -2.28. The van der Waals surface area contributed by atoms with Gasteiger partial charge in [0.05, 0.1) is 5.69 Å². The fraction of sp³-hybridized carbons (Fsp3) is 0.158. The maximum absolute atomic E-state index is 13.0. The zero-order chi connectivity index (χ0) is 18.1. The maximum atomic E-state index is 13.0. The number of nitrogens with one attached hydrogen (secondary N) is 2. The third-order valence-corrected chi connectivity index (χ3v) is 4.14. The number of ketones is 1. The van der Waals surface area contributed by atoms with Gasteiger partial charge in [0, 0.05) is 35.6 Å². The topological polar surface area (TPSA) is 65.2 Å². The number of hydrogen-bond acceptors (Lipinski definition) is 2. The van der Waals surface area contributed by atoms with Gasteiger partial charge in [0.25, 0.3) is 0 Å². The fourth-order valence-corrected chi connectivity index (χ4v) is 2.79. The van der Waals surface area contributed by atoms with E-state index in [4.69, 9.17) is 11.6 Å². The minimum atomic E-state index is -0.311. The lowest BCUT2D eigenvalue weighted by atomic mass is 10.0. The van der Waals surface area contributed by atoms with Gasteiger partial charge >= 0.3 is 6.03 Å². The first kappa shape index (κ1) is 17.0. The minimum Gasteiger partial charge on any atom is -0.350 e. The highest BCUT2D eigenvalue weighted by molar-refractivity contribution is 6.31. The SMILES string of the molecule is Cc1cccc(C(=O)c2[nH]c3cc(Cl)ccc3c2NC(=O)N(C)C)c1. The third-order valence-electron chi connectivity index (χ3n) is 3.91. The molecule has 2 N–H and O–H groups in total. The summed E-state index contributed by atoms with van der Waals surface area (Å²) < 4.78 is 0. The van der Waals surface area contributed by atoms with Crippen LogP contribution in [0.2, 0.25) is 5.02 Å². The number of halogens is 1. The van der Waals surface area contributed by atoms with E-state index in [1.807, 2.05) is 25.1 Å². The Morgan fingerprint density at radius 1 is 1.12 bits per heavy atom. The molecule has 0 aliphatic rings. The number of anilines is 1. The number of rotatable bonds is 3. The first-order chi connectivity index (χ1) is 11.9. The van der Waals surface area contributed by atoms with E-state index in [-0.39, 0.29) is 11.8 Å². The Kier molecular flexibility index (Phi) is 4.51. The first-order valence-electron chi connectivity index (χ1n) is 7.77. The molecule has 2 aromatic carbocycles. The van der Waals surface area contributed by atoms with Gasteiger partial charge in [-0.2, -0.15) is 0 Å². The van der Waals surface area contributed by atoms with Crippen molar-refractivity contribution in [1.82, 2.24) is 9.88 Å². The van der Waals surface area contributed by atoms with E-state index >= 15 is 0 Å². The predicted octanol–water partition coefficient (Wildman–Crippen LogP) is 4.45. The number of fused-ring (bicyclic) bond motifs is 1. The second-order valence-corrected chi connectivity index (χ2v) is 6.52. The standard InChI is InChI=1S/C19H18ClN3O2/c1-11-5-4-6-12(9-11)18(24)17-16(22-19(25)23(2)3)14-8-7-13(20)10-15(14)21-17/h4-10,21H,1-3H3,(H,22,25). The number of carbonyl (C=O) groups is 2. The van der Waals surface area contributed by atoms with Crippen LogP contribution in [0.4, 0.5) is 10.5 Å². The zero-order valence-electron chi connectivity index (χ0n) is 14.2. The number of hydrogen-bond donors (Lipinski definition) is 2. The molecule has 1 aromatic heterocycles. The molecule has 6 heteroatoms. The predicted molar refractivity (Wildman–Crippen MR) is 101 cm³/mol. The number of amides is 2. The van der Waals surface area contributed by atoms with Crippen LogP contribution < -0.4 is 5.32 Å². The molecule has 0 unspecified atom stereocenters. The molecule has 0 atom stereocenters. The van der Waals surface area contributed by atoms with Crippen molar-refractivity contribution in [3.8, 4) is 0 Å². The van der Waals surface area contributed by atoms with E-state index in [9.17, 15) is 9.59 Å². The van der Waals surface area contributed by atoms with E-state index in [1.165, 1.54) is 4.90 Å². The number of aryl methyl sites for hydroxylation is 1. The number of nitrogens with zero attached hydrogens (tertiary/aromatic N) is 1. The third kappa shape index (κ3) is 3.37. The number of urea groups is 1. The van der Waals surface area contributed by atoms with Gasteiger partial charge in [0.2, 0.25) is 5.78 Å². The molecule has 0 saturated carbocycles. The van der Waals surface area contributed by atoms with Gasteiger partial charge in [-0.25, -0.2) is 4.79 Å². The Morgan fingerprint density at radius 3 is 2.56 bits per heavy atom. The van der Waals surface area contributed by atoms with E-state index < -0.39 is 0 Å². The van der Waals surface area contributed by atoms with Crippen molar-refractivity contribution in [2.45, 2.75) is 6.92 Å². The summed E-state index contributed by atoms with van der Waals surface area (Å²) in [6.07, 6.45) is 0. The van der Waals surface area contributed by atoms with Crippen LogP contribution in [0.25, 0.3) is 10.9 Å². The van der Waals surface area contributed by atoms with Gasteiger partial charge in [-0.05, 0) is 31.2 Å². The molecule has 25 heavy (non-hydrogen) atoms. The summed E-state index contributed by atoms with van der Waals surface area (Å²) >= 11 is 6.05. The van der Waals surface area contributed by atoms with Crippen molar-refractivity contribution >= 4 is 40.0 Å². The van der Waals surface area contributed by atoms with Crippen molar-refractivity contribution in [3.63, 3.8) is 0 Å². The lowest BCUT2D eigenvalue weighted by molar-refractivity contribution is 0.103. The summed E-state index contributed by atoms with van der Waals surface area (Å²) in [6, 6.07) is 12.3. The molecule has 0 saturated heterocycles. The zero-order valence-corrected chi connectivity index (χ0v) is 14.9. The van der Waals surface area contributed by atoms with Gasteiger partial charge in [0.1, 0.15) is 5.69 Å². The lowest BCUT2D eigenvalue weighted by Gasteiger charge is -2.13. The number of aromatic amines is 1. The highest BCUT2D eigenvalue weighted by Gasteiger charge is 2.21. The van der Waals surface area contributed by atoms with Gasteiger partial charge in [-0.15, -0.1) is 0 Å². The molecular formula is C19H18ClN3O2. The fourth-order valence-electron chi connectivity index (χ4n) is 2.62. The maximum Gasteiger partial charge on any atom is 0.321 e. The van der Waals surface area contributed by atoms with Crippen LogP contribution in [0.15, 0.2) is 42.5 Å². The molecule has 2 amide bonds. The number of aromatic nitrogens is 1.